The van der Waals surface area contributed by atoms with Gasteiger partial charge in [-0.15, -0.1) is 0 Å². The van der Waals surface area contributed by atoms with E-state index in [1.54, 1.807) is 18.5 Å². The summed E-state index contributed by atoms with van der Waals surface area (Å²) in [7, 11) is 0. The van der Waals surface area contributed by atoms with Crippen molar-refractivity contribution < 1.29 is 9.90 Å². The topological polar surface area (TPSA) is 76.0 Å². The third-order valence-electron chi connectivity index (χ3n) is 2.63. The van der Waals surface area contributed by atoms with Crippen LogP contribution in [0.25, 0.3) is 11.0 Å². The molecule has 0 saturated carbocycles. The Kier molecular flexibility index (Phi) is 3.30. The van der Waals surface area contributed by atoms with Crippen molar-refractivity contribution in [3.8, 4) is 0 Å². The number of nitrogens with zero attached hydrogens (tertiary/aromatic N) is 3. The zero-order valence-corrected chi connectivity index (χ0v) is 11.0. The Morgan fingerprint density at radius 1 is 1.05 bits per heavy atom. The van der Waals surface area contributed by atoms with E-state index in [9.17, 15) is 4.79 Å². The lowest BCUT2D eigenvalue weighted by atomic mass is 10.3. The first kappa shape index (κ1) is 12.6. The van der Waals surface area contributed by atoms with Gasteiger partial charge in [-0.25, -0.2) is 14.8 Å². The molecule has 0 aliphatic rings. The summed E-state index contributed by atoms with van der Waals surface area (Å²) >= 11 is 1.19. The Morgan fingerprint density at radius 3 is 2.65 bits per heavy atom. The molecule has 2 heterocycles. The van der Waals surface area contributed by atoms with Crippen LogP contribution in [0.15, 0.2) is 58.8 Å². The van der Waals surface area contributed by atoms with Gasteiger partial charge in [0, 0.05) is 6.20 Å². The molecule has 0 fully saturated rings. The summed E-state index contributed by atoms with van der Waals surface area (Å²) in [5.74, 6) is -1.01. The van der Waals surface area contributed by atoms with E-state index in [1.807, 2.05) is 24.3 Å². The summed E-state index contributed by atoms with van der Waals surface area (Å²) in [5.41, 5.74) is 1.73. The first-order valence-corrected chi connectivity index (χ1v) is 6.63. The summed E-state index contributed by atoms with van der Waals surface area (Å²) in [6, 6.07) is 10.6. The number of carboxylic acid groups (broad SMARTS) is 1. The number of carboxylic acids is 1. The zero-order chi connectivity index (χ0) is 13.9. The molecule has 3 rings (SSSR count). The Hall–Kier alpha value is -2.47. The normalized spacial score (nSPS) is 10.6. The molecular formula is C14H9N3O2S. The maximum absolute atomic E-state index is 11.1. The Balaban J connectivity index is 1.99. The smallest absolute Gasteiger partial charge is 0.338 e. The highest BCUT2D eigenvalue weighted by atomic mass is 32.2. The number of fused-ring (bicyclic) bond motifs is 1. The highest BCUT2D eigenvalue weighted by Crippen LogP contribution is 2.27. The summed E-state index contributed by atoms with van der Waals surface area (Å²) in [6.07, 6.45) is 3.18. The lowest BCUT2D eigenvalue weighted by Gasteiger charge is -2.04. The number of hydrogen-bond donors (Lipinski definition) is 1. The van der Waals surface area contributed by atoms with Gasteiger partial charge in [-0.1, -0.05) is 12.1 Å². The fourth-order valence-corrected chi connectivity index (χ4v) is 2.55. The molecule has 0 aliphatic carbocycles. The minimum atomic E-state index is -1.01. The van der Waals surface area contributed by atoms with Crippen LogP contribution in [0.2, 0.25) is 0 Å². The average molecular weight is 283 g/mol. The number of para-hydroxylation sites is 2. The molecule has 3 aromatic rings. The second-order valence-electron chi connectivity index (χ2n) is 3.96. The van der Waals surface area contributed by atoms with E-state index in [1.165, 1.54) is 17.8 Å². The second kappa shape index (κ2) is 5.26. The van der Waals surface area contributed by atoms with Gasteiger partial charge in [0.2, 0.25) is 0 Å². The zero-order valence-electron chi connectivity index (χ0n) is 10.2. The fourth-order valence-electron chi connectivity index (χ4n) is 1.72. The monoisotopic (exact) mass is 283 g/mol. The molecular weight excluding hydrogens is 274 g/mol. The van der Waals surface area contributed by atoms with E-state index in [4.69, 9.17) is 5.11 Å². The van der Waals surface area contributed by atoms with Gasteiger partial charge in [-0.3, -0.25) is 4.98 Å². The van der Waals surface area contributed by atoms with Crippen LogP contribution in [0, 0.1) is 0 Å². The van der Waals surface area contributed by atoms with Crippen molar-refractivity contribution in [2.45, 2.75) is 10.1 Å². The molecule has 0 unspecified atom stereocenters. The van der Waals surface area contributed by atoms with Crippen molar-refractivity contribution in [2.24, 2.45) is 0 Å². The molecule has 1 N–H and O–H groups in total. The van der Waals surface area contributed by atoms with Gasteiger partial charge < -0.3 is 5.11 Å². The summed E-state index contributed by atoms with van der Waals surface area (Å²) in [5, 5.41) is 10.1. The number of pyridine rings is 1. The lowest BCUT2D eigenvalue weighted by molar-refractivity contribution is 0.0692. The molecule has 98 valence electrons. The van der Waals surface area contributed by atoms with E-state index in [0.717, 1.165) is 11.0 Å². The van der Waals surface area contributed by atoms with Crippen LogP contribution < -0.4 is 0 Å². The van der Waals surface area contributed by atoms with Crippen LogP contribution in [0.5, 0.6) is 0 Å². The largest absolute Gasteiger partial charge is 0.478 e. The van der Waals surface area contributed by atoms with Gasteiger partial charge in [0.1, 0.15) is 10.1 Å². The van der Waals surface area contributed by atoms with Crippen LogP contribution in [-0.2, 0) is 0 Å². The third-order valence-corrected chi connectivity index (χ3v) is 3.55. The molecule has 0 saturated heterocycles. The van der Waals surface area contributed by atoms with E-state index >= 15 is 0 Å². The molecule has 5 nitrogen and oxygen atoms in total. The van der Waals surface area contributed by atoms with E-state index < -0.39 is 5.97 Å². The van der Waals surface area contributed by atoms with Crippen molar-refractivity contribution in [3.05, 3.63) is 54.4 Å². The van der Waals surface area contributed by atoms with Gasteiger partial charge in [-0.05, 0) is 36.0 Å². The number of aromatic carboxylic acids is 1. The molecule has 1 aromatic carbocycles. The van der Waals surface area contributed by atoms with Gasteiger partial charge in [0.15, 0.2) is 0 Å². The molecule has 6 heteroatoms. The molecule has 0 radical (unpaired) electrons. The van der Waals surface area contributed by atoms with Gasteiger partial charge >= 0.3 is 5.97 Å². The number of hydrogen-bond acceptors (Lipinski definition) is 5. The molecule has 20 heavy (non-hydrogen) atoms. The summed E-state index contributed by atoms with van der Waals surface area (Å²) < 4.78 is 0. The first-order chi connectivity index (χ1) is 9.74. The van der Waals surface area contributed by atoms with E-state index in [0.29, 0.717) is 10.1 Å². The molecule has 0 bridgehead atoms. The Morgan fingerprint density at radius 2 is 1.85 bits per heavy atom. The molecule has 0 aliphatic heterocycles. The molecule has 0 atom stereocenters. The highest BCUT2D eigenvalue weighted by molar-refractivity contribution is 7.99. The standard InChI is InChI=1S/C14H9N3O2S/c18-14(19)9-4-3-7-15-13(9)20-12-8-16-10-5-1-2-6-11(10)17-12/h1-8H,(H,18,19). The SMILES string of the molecule is O=C(O)c1cccnc1Sc1cnc2ccccc2n1. The van der Waals surface area contributed by atoms with E-state index in [2.05, 4.69) is 15.0 Å². The Bertz CT molecular complexity index is 792. The van der Waals surface area contributed by atoms with Crippen molar-refractivity contribution in [3.63, 3.8) is 0 Å². The average Bonchev–Trinajstić information content (AvgIpc) is 2.47. The predicted molar refractivity (Wildman–Crippen MR) is 74.9 cm³/mol. The Labute approximate surface area is 118 Å². The second-order valence-corrected chi connectivity index (χ2v) is 4.97. The van der Waals surface area contributed by atoms with Crippen molar-refractivity contribution in [1.29, 1.82) is 0 Å². The third kappa shape index (κ3) is 2.46. The fraction of sp³-hybridized carbons (Fsp3) is 0. The maximum atomic E-state index is 11.1. The lowest BCUT2D eigenvalue weighted by Crippen LogP contribution is -2.00. The van der Waals surface area contributed by atoms with Crippen molar-refractivity contribution >= 4 is 28.8 Å². The maximum Gasteiger partial charge on any atom is 0.338 e. The predicted octanol–water partition coefficient (Wildman–Crippen LogP) is 2.87. The van der Waals surface area contributed by atoms with Crippen LogP contribution in [0.4, 0.5) is 0 Å². The van der Waals surface area contributed by atoms with Crippen LogP contribution in [0.1, 0.15) is 10.4 Å². The highest BCUT2D eigenvalue weighted by Gasteiger charge is 2.12. The number of benzene rings is 1. The summed E-state index contributed by atoms with van der Waals surface area (Å²) in [6.45, 7) is 0. The molecule has 0 amide bonds. The first-order valence-electron chi connectivity index (χ1n) is 5.82. The van der Waals surface area contributed by atoms with Crippen LogP contribution in [0.3, 0.4) is 0 Å². The van der Waals surface area contributed by atoms with Gasteiger partial charge in [0.05, 0.1) is 22.8 Å². The molecule has 2 aromatic heterocycles. The summed E-state index contributed by atoms with van der Waals surface area (Å²) in [4.78, 5) is 24.0. The number of rotatable bonds is 3. The van der Waals surface area contributed by atoms with E-state index in [-0.39, 0.29) is 5.56 Å². The minimum Gasteiger partial charge on any atom is -0.478 e. The quantitative estimate of drug-likeness (QED) is 0.796. The van der Waals surface area contributed by atoms with Crippen LogP contribution in [-0.4, -0.2) is 26.0 Å². The van der Waals surface area contributed by atoms with Crippen molar-refractivity contribution in [1.82, 2.24) is 15.0 Å². The number of aromatic nitrogens is 3. The van der Waals surface area contributed by atoms with Crippen molar-refractivity contribution in [2.75, 3.05) is 0 Å². The minimum absolute atomic E-state index is 0.160. The van der Waals surface area contributed by atoms with Gasteiger partial charge in [0.25, 0.3) is 0 Å². The van der Waals surface area contributed by atoms with Crippen LogP contribution >= 0.6 is 11.8 Å². The molecule has 0 spiro atoms. The number of carbonyl (C=O) groups is 1. The van der Waals surface area contributed by atoms with Gasteiger partial charge in [-0.2, -0.15) is 0 Å².